The summed E-state index contributed by atoms with van der Waals surface area (Å²) in [5.41, 5.74) is 0.756. The molecule has 1 fully saturated rings. The number of nitrogens with one attached hydrogen (secondary N) is 1. The van der Waals surface area contributed by atoms with Crippen LogP contribution in [0.3, 0.4) is 0 Å². The first-order valence-corrected chi connectivity index (χ1v) is 6.82. The Kier molecular flexibility index (Phi) is 4.91. The number of ether oxygens (including phenoxy) is 1. The molecule has 1 heterocycles. The summed E-state index contributed by atoms with van der Waals surface area (Å²) in [6, 6.07) is 7.49. The molecular formula is C15H23FN2O. The first kappa shape index (κ1) is 14.4. The van der Waals surface area contributed by atoms with E-state index in [1.54, 1.807) is 13.2 Å². The summed E-state index contributed by atoms with van der Waals surface area (Å²) in [5.74, 6) is -0.129. The molecule has 1 saturated heterocycles. The summed E-state index contributed by atoms with van der Waals surface area (Å²) in [4.78, 5) is 2.19. The van der Waals surface area contributed by atoms with Crippen molar-refractivity contribution in [3.8, 4) is 0 Å². The standard InChI is InChI=1S/C15H23FN2O/c1-11(14-6-4-5-7-15(14)16)18(2)10-12-8-13(19-3)9-17-12/h4-7,11-13,17H,8-10H2,1-3H3. The van der Waals surface area contributed by atoms with Gasteiger partial charge in [-0.15, -0.1) is 0 Å². The van der Waals surface area contributed by atoms with Gasteiger partial charge in [-0.2, -0.15) is 0 Å². The Bertz CT molecular complexity index is 413. The van der Waals surface area contributed by atoms with Crippen molar-refractivity contribution in [2.75, 3.05) is 27.2 Å². The molecule has 0 aromatic heterocycles. The lowest BCUT2D eigenvalue weighted by molar-refractivity contribution is 0.115. The quantitative estimate of drug-likeness (QED) is 0.884. The molecule has 4 heteroatoms. The van der Waals surface area contributed by atoms with Gasteiger partial charge in [0.25, 0.3) is 0 Å². The van der Waals surface area contributed by atoms with Gasteiger partial charge in [0.1, 0.15) is 5.82 Å². The normalized spacial score (nSPS) is 24.9. The van der Waals surface area contributed by atoms with Crippen LogP contribution in [0.4, 0.5) is 4.39 Å². The van der Waals surface area contributed by atoms with Gasteiger partial charge in [0.2, 0.25) is 0 Å². The predicted octanol–water partition coefficient (Wildman–Crippen LogP) is 2.20. The summed E-state index contributed by atoms with van der Waals surface area (Å²) in [7, 11) is 3.79. The van der Waals surface area contributed by atoms with Crippen molar-refractivity contribution in [1.82, 2.24) is 10.2 Å². The third-order valence-electron chi connectivity index (χ3n) is 4.04. The highest BCUT2D eigenvalue weighted by Crippen LogP contribution is 2.22. The van der Waals surface area contributed by atoms with E-state index in [0.717, 1.165) is 25.1 Å². The molecule has 3 nitrogen and oxygen atoms in total. The fourth-order valence-corrected chi connectivity index (χ4v) is 2.66. The molecule has 1 N–H and O–H groups in total. The minimum absolute atomic E-state index is 0.0737. The summed E-state index contributed by atoms with van der Waals surface area (Å²) >= 11 is 0. The molecule has 2 rings (SSSR count). The average Bonchev–Trinajstić information content (AvgIpc) is 2.86. The highest BCUT2D eigenvalue weighted by Gasteiger charge is 2.26. The zero-order chi connectivity index (χ0) is 13.8. The Morgan fingerprint density at radius 2 is 2.21 bits per heavy atom. The van der Waals surface area contributed by atoms with Crippen molar-refractivity contribution in [1.29, 1.82) is 0 Å². The van der Waals surface area contributed by atoms with Gasteiger partial charge in [-0.1, -0.05) is 18.2 Å². The number of benzene rings is 1. The molecule has 1 aliphatic rings. The molecule has 3 unspecified atom stereocenters. The summed E-state index contributed by atoms with van der Waals surface area (Å²) in [6.07, 6.45) is 1.33. The minimum Gasteiger partial charge on any atom is -0.380 e. The number of nitrogens with zero attached hydrogens (tertiary/aromatic N) is 1. The largest absolute Gasteiger partial charge is 0.380 e. The van der Waals surface area contributed by atoms with Gasteiger partial charge in [0.05, 0.1) is 6.10 Å². The van der Waals surface area contributed by atoms with Crippen LogP contribution >= 0.6 is 0 Å². The number of hydrogen-bond acceptors (Lipinski definition) is 3. The number of rotatable bonds is 5. The van der Waals surface area contributed by atoms with Crippen LogP contribution in [-0.4, -0.2) is 44.3 Å². The maximum absolute atomic E-state index is 13.8. The number of hydrogen-bond donors (Lipinski definition) is 1. The molecule has 0 aliphatic carbocycles. The van der Waals surface area contributed by atoms with E-state index in [2.05, 4.69) is 10.2 Å². The van der Waals surface area contributed by atoms with E-state index in [1.165, 1.54) is 6.07 Å². The maximum atomic E-state index is 13.8. The molecule has 1 aromatic carbocycles. The lowest BCUT2D eigenvalue weighted by Gasteiger charge is -2.28. The fourth-order valence-electron chi connectivity index (χ4n) is 2.66. The highest BCUT2D eigenvalue weighted by atomic mass is 19.1. The van der Waals surface area contributed by atoms with Crippen molar-refractivity contribution < 1.29 is 9.13 Å². The molecule has 1 aliphatic heterocycles. The van der Waals surface area contributed by atoms with Crippen molar-refractivity contribution in [2.24, 2.45) is 0 Å². The van der Waals surface area contributed by atoms with Crippen molar-refractivity contribution in [2.45, 2.75) is 31.5 Å². The van der Waals surface area contributed by atoms with Crippen LogP contribution in [0, 0.1) is 5.82 Å². The van der Waals surface area contributed by atoms with Gasteiger partial charge >= 0.3 is 0 Å². The second-order valence-corrected chi connectivity index (χ2v) is 5.34. The maximum Gasteiger partial charge on any atom is 0.127 e. The van der Waals surface area contributed by atoms with Crippen LogP contribution in [0.5, 0.6) is 0 Å². The van der Waals surface area contributed by atoms with Crippen LogP contribution in [0.1, 0.15) is 24.9 Å². The van der Waals surface area contributed by atoms with Crippen LogP contribution in [0.2, 0.25) is 0 Å². The zero-order valence-electron chi connectivity index (χ0n) is 11.9. The Morgan fingerprint density at radius 3 is 2.84 bits per heavy atom. The SMILES string of the molecule is COC1CNC(CN(C)C(C)c2ccccc2F)C1. The number of likely N-dealkylation sites (N-methyl/N-ethyl adjacent to an activating group) is 1. The Morgan fingerprint density at radius 1 is 1.47 bits per heavy atom. The summed E-state index contributed by atoms with van der Waals surface area (Å²) in [5, 5.41) is 3.45. The Labute approximate surface area is 114 Å². The summed E-state index contributed by atoms with van der Waals surface area (Å²) < 4.78 is 19.1. The van der Waals surface area contributed by atoms with Crippen LogP contribution in [-0.2, 0) is 4.74 Å². The zero-order valence-corrected chi connectivity index (χ0v) is 11.9. The average molecular weight is 266 g/mol. The fraction of sp³-hybridized carbons (Fsp3) is 0.600. The Hall–Kier alpha value is -0.970. The minimum atomic E-state index is -0.129. The third kappa shape index (κ3) is 3.53. The molecular weight excluding hydrogens is 243 g/mol. The van der Waals surface area contributed by atoms with Gasteiger partial charge < -0.3 is 10.1 Å². The monoisotopic (exact) mass is 266 g/mol. The topological polar surface area (TPSA) is 24.5 Å². The van der Waals surface area contributed by atoms with E-state index in [-0.39, 0.29) is 11.9 Å². The lowest BCUT2D eigenvalue weighted by atomic mass is 10.1. The molecule has 0 radical (unpaired) electrons. The van der Waals surface area contributed by atoms with Crippen molar-refractivity contribution >= 4 is 0 Å². The second kappa shape index (κ2) is 6.46. The van der Waals surface area contributed by atoms with Crippen LogP contribution < -0.4 is 5.32 Å². The van der Waals surface area contributed by atoms with Gasteiger partial charge in [0, 0.05) is 37.8 Å². The molecule has 19 heavy (non-hydrogen) atoms. The smallest absolute Gasteiger partial charge is 0.127 e. The summed E-state index contributed by atoms with van der Waals surface area (Å²) in [6.45, 7) is 3.85. The molecule has 0 amide bonds. The van der Waals surface area contributed by atoms with Gasteiger partial charge in [-0.3, -0.25) is 4.90 Å². The van der Waals surface area contributed by atoms with E-state index in [0.29, 0.717) is 12.1 Å². The van der Waals surface area contributed by atoms with Crippen LogP contribution in [0.15, 0.2) is 24.3 Å². The van der Waals surface area contributed by atoms with Gasteiger partial charge in [-0.05, 0) is 26.5 Å². The molecule has 0 spiro atoms. The first-order chi connectivity index (χ1) is 9.11. The molecule has 0 bridgehead atoms. The van der Waals surface area contributed by atoms with E-state index in [1.807, 2.05) is 26.1 Å². The molecule has 106 valence electrons. The van der Waals surface area contributed by atoms with E-state index >= 15 is 0 Å². The van der Waals surface area contributed by atoms with E-state index in [4.69, 9.17) is 4.74 Å². The number of methoxy groups -OCH3 is 1. The second-order valence-electron chi connectivity index (χ2n) is 5.34. The lowest BCUT2D eigenvalue weighted by Crippen LogP contribution is -2.36. The van der Waals surface area contributed by atoms with Crippen molar-refractivity contribution in [3.05, 3.63) is 35.6 Å². The Balaban J connectivity index is 1.93. The highest BCUT2D eigenvalue weighted by molar-refractivity contribution is 5.20. The molecule has 0 saturated carbocycles. The predicted molar refractivity (Wildman–Crippen MR) is 74.6 cm³/mol. The molecule has 3 atom stereocenters. The van der Waals surface area contributed by atoms with Crippen molar-refractivity contribution in [3.63, 3.8) is 0 Å². The molecule has 1 aromatic rings. The van der Waals surface area contributed by atoms with Gasteiger partial charge in [0.15, 0.2) is 0 Å². The van der Waals surface area contributed by atoms with E-state index in [9.17, 15) is 4.39 Å². The first-order valence-electron chi connectivity index (χ1n) is 6.82. The van der Waals surface area contributed by atoms with Crippen LogP contribution in [0.25, 0.3) is 0 Å². The van der Waals surface area contributed by atoms with E-state index < -0.39 is 0 Å². The third-order valence-corrected chi connectivity index (χ3v) is 4.04. The van der Waals surface area contributed by atoms with Gasteiger partial charge in [-0.25, -0.2) is 4.39 Å². The number of halogens is 1.